The van der Waals surface area contributed by atoms with E-state index in [9.17, 15) is 4.79 Å². The molecule has 0 radical (unpaired) electrons. The lowest BCUT2D eigenvalue weighted by atomic mass is 9.91. The summed E-state index contributed by atoms with van der Waals surface area (Å²) in [4.78, 5) is 14.9. The molecule has 1 aliphatic carbocycles. The van der Waals surface area contributed by atoms with Crippen LogP contribution in [0, 0.1) is 11.8 Å². The van der Waals surface area contributed by atoms with Gasteiger partial charge in [-0.05, 0) is 25.3 Å². The van der Waals surface area contributed by atoms with Gasteiger partial charge in [0.1, 0.15) is 0 Å². The molecule has 1 heterocycles. The van der Waals surface area contributed by atoms with Crippen LogP contribution in [0.1, 0.15) is 34.5 Å². The molecular formula is C13H16N2OS. The van der Waals surface area contributed by atoms with Gasteiger partial charge in [-0.2, -0.15) is 0 Å². The van der Waals surface area contributed by atoms with Gasteiger partial charge in [0.15, 0.2) is 0 Å². The Morgan fingerprint density at radius 1 is 1.65 bits per heavy atom. The maximum atomic E-state index is 12.1. The van der Waals surface area contributed by atoms with E-state index in [4.69, 9.17) is 5.73 Å². The highest BCUT2D eigenvalue weighted by atomic mass is 32.1. The first-order valence-corrected chi connectivity index (χ1v) is 6.65. The SMILES string of the molecule is CN(C(=O)c1csc(C#CCN)c1)C1CCC1. The normalized spacial score (nSPS) is 14.7. The number of thiophene rings is 1. The molecule has 0 aromatic carbocycles. The molecule has 0 aliphatic heterocycles. The topological polar surface area (TPSA) is 46.3 Å². The molecule has 0 bridgehead atoms. The van der Waals surface area contributed by atoms with Gasteiger partial charge >= 0.3 is 0 Å². The summed E-state index contributed by atoms with van der Waals surface area (Å²) in [7, 11) is 1.88. The van der Waals surface area contributed by atoms with Crippen molar-refractivity contribution in [1.29, 1.82) is 0 Å². The van der Waals surface area contributed by atoms with Crippen LogP contribution in [0.25, 0.3) is 0 Å². The smallest absolute Gasteiger partial charge is 0.254 e. The van der Waals surface area contributed by atoms with Crippen LogP contribution >= 0.6 is 11.3 Å². The molecule has 0 unspecified atom stereocenters. The Balaban J connectivity index is 2.05. The molecule has 1 aromatic rings. The lowest BCUT2D eigenvalue weighted by molar-refractivity contribution is 0.0652. The van der Waals surface area contributed by atoms with E-state index < -0.39 is 0 Å². The summed E-state index contributed by atoms with van der Waals surface area (Å²) in [6, 6.07) is 2.28. The van der Waals surface area contributed by atoms with Crippen molar-refractivity contribution >= 4 is 17.2 Å². The fourth-order valence-electron chi connectivity index (χ4n) is 1.80. The van der Waals surface area contributed by atoms with E-state index in [-0.39, 0.29) is 5.91 Å². The first kappa shape index (κ1) is 12.2. The number of carbonyl (C=O) groups is 1. The van der Waals surface area contributed by atoms with Gasteiger partial charge < -0.3 is 10.6 Å². The van der Waals surface area contributed by atoms with Gasteiger partial charge in [-0.3, -0.25) is 4.79 Å². The molecule has 1 aromatic heterocycles. The quantitative estimate of drug-likeness (QED) is 0.809. The number of nitrogens with zero attached hydrogens (tertiary/aromatic N) is 1. The van der Waals surface area contributed by atoms with Gasteiger partial charge in [0.05, 0.1) is 17.0 Å². The third-order valence-corrected chi connectivity index (χ3v) is 3.95. The summed E-state index contributed by atoms with van der Waals surface area (Å²) in [5, 5.41) is 1.87. The number of amides is 1. The average molecular weight is 248 g/mol. The zero-order chi connectivity index (χ0) is 12.3. The Morgan fingerprint density at radius 2 is 2.41 bits per heavy atom. The van der Waals surface area contributed by atoms with Crippen LogP contribution in [-0.2, 0) is 0 Å². The van der Waals surface area contributed by atoms with Crippen molar-refractivity contribution < 1.29 is 4.79 Å². The third kappa shape index (κ3) is 2.68. The minimum absolute atomic E-state index is 0.103. The highest BCUT2D eigenvalue weighted by Gasteiger charge is 2.26. The van der Waals surface area contributed by atoms with Gasteiger partial charge in [0, 0.05) is 18.5 Å². The fraction of sp³-hybridized carbons (Fsp3) is 0.462. The van der Waals surface area contributed by atoms with Crippen molar-refractivity contribution in [1.82, 2.24) is 4.90 Å². The molecule has 1 amide bonds. The van der Waals surface area contributed by atoms with Crippen molar-refractivity contribution in [2.45, 2.75) is 25.3 Å². The Kier molecular flexibility index (Phi) is 3.82. The monoisotopic (exact) mass is 248 g/mol. The van der Waals surface area contributed by atoms with Gasteiger partial charge in [0.2, 0.25) is 0 Å². The molecule has 17 heavy (non-hydrogen) atoms. The van der Waals surface area contributed by atoms with E-state index in [1.807, 2.05) is 23.4 Å². The van der Waals surface area contributed by atoms with Crippen molar-refractivity contribution in [3.8, 4) is 11.8 Å². The average Bonchev–Trinajstić information content (AvgIpc) is 2.71. The molecular weight excluding hydrogens is 232 g/mol. The summed E-state index contributed by atoms with van der Waals surface area (Å²) in [5.74, 6) is 5.85. The highest BCUT2D eigenvalue weighted by molar-refractivity contribution is 7.10. The van der Waals surface area contributed by atoms with E-state index >= 15 is 0 Å². The summed E-state index contributed by atoms with van der Waals surface area (Å²) in [6.07, 6.45) is 3.50. The van der Waals surface area contributed by atoms with Crippen LogP contribution in [0.2, 0.25) is 0 Å². The van der Waals surface area contributed by atoms with Crippen molar-refractivity contribution in [3.63, 3.8) is 0 Å². The van der Waals surface area contributed by atoms with Gasteiger partial charge in [0.25, 0.3) is 5.91 Å². The van der Waals surface area contributed by atoms with Crippen molar-refractivity contribution in [2.75, 3.05) is 13.6 Å². The molecule has 90 valence electrons. The van der Waals surface area contributed by atoms with Gasteiger partial charge in [-0.25, -0.2) is 0 Å². The lowest BCUT2D eigenvalue weighted by Gasteiger charge is -2.34. The van der Waals surface area contributed by atoms with Crippen LogP contribution < -0.4 is 5.73 Å². The molecule has 2 N–H and O–H groups in total. The summed E-state index contributed by atoms with van der Waals surface area (Å²) < 4.78 is 0. The maximum Gasteiger partial charge on any atom is 0.254 e. The minimum atomic E-state index is 0.103. The Labute approximate surface area is 106 Å². The second-order valence-electron chi connectivity index (χ2n) is 4.21. The molecule has 0 spiro atoms. The lowest BCUT2D eigenvalue weighted by Crippen LogP contribution is -2.41. The highest BCUT2D eigenvalue weighted by Crippen LogP contribution is 2.25. The minimum Gasteiger partial charge on any atom is -0.339 e. The van der Waals surface area contributed by atoms with Crippen LogP contribution in [0.15, 0.2) is 11.4 Å². The van der Waals surface area contributed by atoms with Gasteiger partial charge in [-0.1, -0.05) is 11.8 Å². The molecule has 1 fully saturated rings. The largest absolute Gasteiger partial charge is 0.339 e. The Hall–Kier alpha value is -1.31. The van der Waals surface area contributed by atoms with E-state index in [0.717, 1.165) is 23.3 Å². The van der Waals surface area contributed by atoms with Gasteiger partial charge in [-0.15, -0.1) is 11.3 Å². The first-order chi connectivity index (χ1) is 8.22. The third-order valence-electron chi connectivity index (χ3n) is 3.10. The molecule has 1 saturated carbocycles. The van der Waals surface area contributed by atoms with E-state index in [2.05, 4.69) is 11.8 Å². The Bertz CT molecular complexity index is 465. The van der Waals surface area contributed by atoms with Crippen LogP contribution in [-0.4, -0.2) is 30.4 Å². The number of nitrogens with two attached hydrogens (primary N) is 1. The standard InChI is InChI=1S/C13H16N2OS/c1-15(11-4-2-5-11)13(16)10-8-12(17-9-10)6-3-7-14/h8-9,11H,2,4-5,7,14H2,1H3. The number of hydrogen-bond donors (Lipinski definition) is 1. The van der Waals surface area contributed by atoms with E-state index in [1.165, 1.54) is 17.8 Å². The van der Waals surface area contributed by atoms with Crippen LogP contribution in [0.5, 0.6) is 0 Å². The first-order valence-electron chi connectivity index (χ1n) is 5.77. The second kappa shape index (κ2) is 5.35. The van der Waals surface area contributed by atoms with E-state index in [1.54, 1.807) is 0 Å². The molecule has 0 saturated heterocycles. The predicted octanol–water partition coefficient (Wildman–Crippen LogP) is 1.68. The molecule has 2 rings (SSSR count). The predicted molar refractivity (Wildman–Crippen MR) is 70.0 cm³/mol. The Morgan fingerprint density at radius 3 is 3.00 bits per heavy atom. The number of hydrogen-bond acceptors (Lipinski definition) is 3. The zero-order valence-corrected chi connectivity index (χ0v) is 10.7. The molecule has 0 atom stereocenters. The second-order valence-corrected chi connectivity index (χ2v) is 5.12. The molecule has 4 heteroatoms. The molecule has 3 nitrogen and oxygen atoms in total. The fourth-order valence-corrected chi connectivity index (χ4v) is 2.54. The zero-order valence-electron chi connectivity index (χ0n) is 9.90. The van der Waals surface area contributed by atoms with Crippen LogP contribution in [0.3, 0.4) is 0 Å². The number of rotatable bonds is 2. The summed E-state index contributed by atoms with van der Waals surface area (Å²) in [6.45, 7) is 0.350. The van der Waals surface area contributed by atoms with Crippen molar-refractivity contribution in [2.24, 2.45) is 5.73 Å². The van der Waals surface area contributed by atoms with Crippen LogP contribution in [0.4, 0.5) is 0 Å². The maximum absolute atomic E-state index is 12.1. The summed E-state index contributed by atoms with van der Waals surface area (Å²) in [5.41, 5.74) is 6.05. The summed E-state index contributed by atoms with van der Waals surface area (Å²) >= 11 is 1.50. The van der Waals surface area contributed by atoms with Crippen molar-refractivity contribution in [3.05, 3.63) is 21.9 Å². The number of carbonyl (C=O) groups excluding carboxylic acids is 1. The van der Waals surface area contributed by atoms with E-state index in [0.29, 0.717) is 12.6 Å². The molecule has 1 aliphatic rings.